The Bertz CT molecular complexity index is 912. The van der Waals surface area contributed by atoms with Crippen molar-refractivity contribution in [3.05, 3.63) is 53.1 Å². The first-order valence-electron chi connectivity index (χ1n) is 10.6. The second-order valence-corrected chi connectivity index (χ2v) is 14.6. The van der Waals surface area contributed by atoms with Gasteiger partial charge in [-0.25, -0.2) is 0 Å². The number of hydrogen-bond donors (Lipinski definition) is 0. The molecule has 2 aromatic rings. The Labute approximate surface area is 177 Å². The van der Waals surface area contributed by atoms with Gasteiger partial charge in [-0.15, -0.1) is 0 Å². The Kier molecular flexibility index (Phi) is 6.07. The van der Waals surface area contributed by atoms with E-state index in [1.807, 2.05) is 11.0 Å². The summed E-state index contributed by atoms with van der Waals surface area (Å²) in [5, 5.41) is 0.252. The number of anilines is 1. The molecule has 0 fully saturated rings. The zero-order valence-corrected chi connectivity index (χ0v) is 20.1. The molecule has 0 saturated heterocycles. The molecule has 0 spiro atoms. The van der Waals surface area contributed by atoms with Gasteiger partial charge in [-0.05, 0) is 66.2 Å². The van der Waals surface area contributed by atoms with E-state index in [1.54, 1.807) is 6.92 Å². The highest BCUT2D eigenvalue weighted by atomic mass is 28.4. The zero-order valence-electron chi connectivity index (χ0n) is 19.1. The molecule has 156 valence electrons. The van der Waals surface area contributed by atoms with Crippen LogP contribution >= 0.6 is 0 Å². The molecule has 0 bridgehead atoms. The Morgan fingerprint density at radius 3 is 2.48 bits per heavy atom. The highest BCUT2D eigenvalue weighted by molar-refractivity contribution is 6.74. The highest BCUT2D eigenvalue weighted by Gasteiger charge is 2.36. The second kappa shape index (κ2) is 8.08. The third-order valence-corrected chi connectivity index (χ3v) is 11.1. The van der Waals surface area contributed by atoms with Crippen molar-refractivity contribution in [2.45, 2.75) is 72.1 Å². The van der Waals surface area contributed by atoms with Crippen LogP contribution < -0.4 is 4.90 Å². The number of carbonyl (C=O) groups excluding carboxylic acids is 1. The Balaban J connectivity index is 1.79. The predicted octanol–water partition coefficient (Wildman–Crippen LogP) is 6.48. The Hall–Kier alpha value is -1.91. The van der Waals surface area contributed by atoms with Crippen molar-refractivity contribution in [1.29, 1.82) is 0 Å². The molecule has 3 rings (SSSR count). The van der Waals surface area contributed by atoms with Crippen LogP contribution in [0, 0.1) is 6.92 Å². The van der Waals surface area contributed by atoms with Gasteiger partial charge in [0.15, 0.2) is 8.32 Å². The smallest absolute Gasteiger partial charge is 0.224 e. The molecule has 0 saturated carbocycles. The predicted molar refractivity (Wildman–Crippen MR) is 125 cm³/mol. The lowest BCUT2D eigenvalue weighted by atomic mass is 9.88. The van der Waals surface area contributed by atoms with E-state index in [0.717, 1.165) is 30.7 Å². The fourth-order valence-corrected chi connectivity index (χ4v) is 4.86. The number of amides is 1. The lowest BCUT2D eigenvalue weighted by molar-refractivity contribution is -0.116. The van der Waals surface area contributed by atoms with Crippen LogP contribution in [0.25, 0.3) is 11.1 Å². The van der Waals surface area contributed by atoms with E-state index < -0.39 is 8.32 Å². The average Bonchev–Trinajstić information content (AvgIpc) is 2.63. The van der Waals surface area contributed by atoms with Gasteiger partial charge in [0.05, 0.1) is 12.2 Å². The van der Waals surface area contributed by atoms with Crippen molar-refractivity contribution in [2.75, 3.05) is 11.5 Å². The van der Waals surface area contributed by atoms with Crippen LogP contribution in [-0.2, 0) is 22.2 Å². The zero-order chi connectivity index (χ0) is 21.4. The molecule has 2 aromatic carbocycles. The summed E-state index contributed by atoms with van der Waals surface area (Å²) in [6.07, 6.45) is 2.05. The van der Waals surface area contributed by atoms with Crippen molar-refractivity contribution < 1.29 is 9.22 Å². The molecule has 3 nitrogen and oxygen atoms in total. The molecule has 1 aliphatic heterocycles. The van der Waals surface area contributed by atoms with Crippen molar-refractivity contribution in [1.82, 2.24) is 0 Å². The number of carbonyl (C=O) groups is 1. The normalized spacial score (nSPS) is 13.8. The Morgan fingerprint density at radius 1 is 1.14 bits per heavy atom. The third-order valence-electron chi connectivity index (χ3n) is 6.59. The maximum atomic E-state index is 12.2. The van der Waals surface area contributed by atoms with Gasteiger partial charge in [0.25, 0.3) is 0 Å². The van der Waals surface area contributed by atoms with Crippen LogP contribution in [-0.4, -0.2) is 20.8 Å². The molecule has 0 N–H and O–H groups in total. The molecule has 1 aliphatic rings. The molecule has 29 heavy (non-hydrogen) atoms. The van der Waals surface area contributed by atoms with Crippen LogP contribution in [0.4, 0.5) is 5.69 Å². The van der Waals surface area contributed by atoms with E-state index in [4.69, 9.17) is 4.43 Å². The lowest BCUT2D eigenvalue weighted by Gasteiger charge is -2.36. The largest absolute Gasteiger partial charge is 0.417 e. The van der Waals surface area contributed by atoms with E-state index in [9.17, 15) is 4.79 Å². The SMILES string of the molecule is CC(=O)N1Cc2c(C)cc(CCCO[Si](C)(C)C(C)(C)C)cc2-c2ccccc21. The summed E-state index contributed by atoms with van der Waals surface area (Å²) in [6.45, 7) is 16.8. The maximum Gasteiger partial charge on any atom is 0.224 e. The molecule has 0 aromatic heterocycles. The number of benzene rings is 2. The molecule has 1 amide bonds. The molecule has 1 heterocycles. The van der Waals surface area contributed by atoms with E-state index in [2.05, 4.69) is 71.1 Å². The lowest BCUT2D eigenvalue weighted by Crippen LogP contribution is -2.41. The van der Waals surface area contributed by atoms with Gasteiger partial charge in [0, 0.05) is 19.1 Å². The van der Waals surface area contributed by atoms with Crippen LogP contribution in [0.1, 0.15) is 50.8 Å². The van der Waals surface area contributed by atoms with Gasteiger partial charge in [-0.1, -0.05) is 51.1 Å². The van der Waals surface area contributed by atoms with E-state index in [-0.39, 0.29) is 10.9 Å². The number of nitrogens with zero attached hydrogens (tertiary/aromatic N) is 1. The van der Waals surface area contributed by atoms with Gasteiger partial charge in [0.2, 0.25) is 5.91 Å². The summed E-state index contributed by atoms with van der Waals surface area (Å²) in [5.74, 6) is 0.0920. The average molecular weight is 410 g/mol. The fraction of sp³-hybridized carbons (Fsp3) is 0.480. The minimum atomic E-state index is -1.68. The van der Waals surface area contributed by atoms with Gasteiger partial charge in [0.1, 0.15) is 0 Å². The summed E-state index contributed by atoms with van der Waals surface area (Å²) in [4.78, 5) is 14.1. The number of para-hydroxylation sites is 1. The van der Waals surface area contributed by atoms with Crippen LogP contribution in [0.2, 0.25) is 18.1 Å². The van der Waals surface area contributed by atoms with Crippen molar-refractivity contribution >= 4 is 19.9 Å². The first kappa shape index (κ1) is 21.8. The molecule has 0 aliphatic carbocycles. The van der Waals surface area contributed by atoms with Crippen LogP contribution in [0.3, 0.4) is 0 Å². The topological polar surface area (TPSA) is 29.5 Å². The Morgan fingerprint density at radius 2 is 1.83 bits per heavy atom. The summed E-state index contributed by atoms with van der Waals surface area (Å²) in [6, 6.07) is 12.9. The molecule has 0 unspecified atom stereocenters. The third kappa shape index (κ3) is 4.49. The van der Waals surface area contributed by atoms with E-state index in [0.29, 0.717) is 6.54 Å². The summed E-state index contributed by atoms with van der Waals surface area (Å²) < 4.78 is 6.35. The molecular formula is C25H35NO2Si. The quantitative estimate of drug-likeness (QED) is 0.417. The highest BCUT2D eigenvalue weighted by Crippen LogP contribution is 2.41. The first-order chi connectivity index (χ1) is 13.5. The minimum Gasteiger partial charge on any atom is -0.417 e. The minimum absolute atomic E-state index is 0.0920. The molecule has 4 heteroatoms. The van der Waals surface area contributed by atoms with Crippen LogP contribution in [0.15, 0.2) is 36.4 Å². The van der Waals surface area contributed by atoms with Gasteiger partial charge in [-0.2, -0.15) is 0 Å². The van der Waals surface area contributed by atoms with Gasteiger partial charge < -0.3 is 9.33 Å². The number of hydrogen-bond acceptors (Lipinski definition) is 2. The standard InChI is InChI=1S/C25H35NO2Si/c1-18-15-20(11-10-14-28-29(6,7)25(3,4)5)16-22-21-12-8-9-13-24(21)26(19(2)27)17-23(18)22/h8-9,12-13,15-16H,10-11,14,17H2,1-7H3. The molecular weight excluding hydrogens is 374 g/mol. The van der Waals surface area contributed by atoms with Crippen molar-refractivity contribution in [2.24, 2.45) is 0 Å². The maximum absolute atomic E-state index is 12.2. The second-order valence-electron chi connectivity index (χ2n) is 9.77. The number of rotatable bonds is 5. The number of aryl methyl sites for hydroxylation is 2. The number of fused-ring (bicyclic) bond motifs is 3. The van der Waals surface area contributed by atoms with E-state index >= 15 is 0 Å². The molecule has 0 atom stereocenters. The summed E-state index contributed by atoms with van der Waals surface area (Å²) >= 11 is 0. The summed E-state index contributed by atoms with van der Waals surface area (Å²) in [7, 11) is -1.68. The van der Waals surface area contributed by atoms with Crippen molar-refractivity contribution in [3.8, 4) is 11.1 Å². The molecule has 0 radical (unpaired) electrons. The first-order valence-corrected chi connectivity index (χ1v) is 13.6. The summed E-state index contributed by atoms with van der Waals surface area (Å²) in [5.41, 5.74) is 7.34. The fourth-order valence-electron chi connectivity index (χ4n) is 3.77. The van der Waals surface area contributed by atoms with E-state index in [1.165, 1.54) is 22.3 Å². The monoisotopic (exact) mass is 409 g/mol. The van der Waals surface area contributed by atoms with Crippen LogP contribution in [0.5, 0.6) is 0 Å². The van der Waals surface area contributed by atoms with Gasteiger partial charge in [-0.3, -0.25) is 4.79 Å². The van der Waals surface area contributed by atoms with Gasteiger partial charge >= 0.3 is 0 Å². The van der Waals surface area contributed by atoms with Crippen molar-refractivity contribution in [3.63, 3.8) is 0 Å².